The van der Waals surface area contributed by atoms with Crippen molar-refractivity contribution in [2.45, 2.75) is 31.7 Å². The third-order valence-corrected chi connectivity index (χ3v) is 5.06. The zero-order chi connectivity index (χ0) is 18.5. The summed E-state index contributed by atoms with van der Waals surface area (Å²) in [5.74, 6) is -0.842. The van der Waals surface area contributed by atoms with E-state index in [0.717, 1.165) is 12.0 Å². The van der Waals surface area contributed by atoms with Gasteiger partial charge >= 0.3 is 0 Å². The number of primary amides is 1. The van der Waals surface area contributed by atoms with E-state index in [2.05, 4.69) is 10.3 Å². The van der Waals surface area contributed by atoms with Crippen LogP contribution in [0.4, 0.5) is 5.13 Å². The maximum atomic E-state index is 12.3. The number of nitrogens with zero attached hydrogens (tertiary/aromatic N) is 2. The Balaban J connectivity index is 1.59. The SMILES string of the molecule is NC(=O)C(Cc1ccccc1)NC(=O)Cc1csc(N2CCCC2=O)n1. The number of rotatable bonds is 7. The molecule has 1 aromatic heterocycles. The number of aromatic nitrogens is 1. The van der Waals surface area contributed by atoms with Gasteiger partial charge in [0.25, 0.3) is 0 Å². The lowest BCUT2D eigenvalue weighted by atomic mass is 10.1. The predicted octanol–water partition coefficient (Wildman–Crippen LogP) is 1.03. The Hall–Kier alpha value is -2.74. The number of amides is 3. The Bertz CT molecular complexity index is 806. The number of benzene rings is 1. The molecule has 8 heteroatoms. The molecule has 3 rings (SSSR count). The van der Waals surface area contributed by atoms with Crippen molar-refractivity contribution in [3.63, 3.8) is 0 Å². The van der Waals surface area contributed by atoms with E-state index in [1.807, 2.05) is 30.3 Å². The van der Waals surface area contributed by atoms with Crippen molar-refractivity contribution < 1.29 is 14.4 Å². The van der Waals surface area contributed by atoms with Gasteiger partial charge in [-0.3, -0.25) is 19.3 Å². The standard InChI is InChI=1S/C18H20N4O3S/c19-17(25)14(9-12-5-2-1-3-6-12)21-15(23)10-13-11-26-18(20-13)22-8-4-7-16(22)24/h1-3,5-6,11,14H,4,7-10H2,(H2,19,25)(H,21,23). The number of anilines is 1. The summed E-state index contributed by atoms with van der Waals surface area (Å²) < 4.78 is 0. The van der Waals surface area contributed by atoms with Crippen molar-refractivity contribution in [2.24, 2.45) is 5.73 Å². The second kappa shape index (κ2) is 8.09. The van der Waals surface area contributed by atoms with Crippen molar-refractivity contribution in [1.82, 2.24) is 10.3 Å². The summed E-state index contributed by atoms with van der Waals surface area (Å²) in [5.41, 5.74) is 6.91. The van der Waals surface area contributed by atoms with Crippen LogP contribution >= 0.6 is 11.3 Å². The topological polar surface area (TPSA) is 105 Å². The minimum atomic E-state index is -0.775. The van der Waals surface area contributed by atoms with Gasteiger partial charge in [0.05, 0.1) is 12.1 Å². The van der Waals surface area contributed by atoms with Gasteiger partial charge < -0.3 is 11.1 Å². The normalized spacial score (nSPS) is 15.1. The van der Waals surface area contributed by atoms with Gasteiger partial charge in [-0.2, -0.15) is 0 Å². The summed E-state index contributed by atoms with van der Waals surface area (Å²) in [7, 11) is 0. The van der Waals surface area contributed by atoms with Gasteiger partial charge in [-0.25, -0.2) is 4.98 Å². The first-order valence-electron chi connectivity index (χ1n) is 8.40. The second-order valence-corrected chi connectivity index (χ2v) is 7.00. The maximum absolute atomic E-state index is 12.3. The minimum Gasteiger partial charge on any atom is -0.368 e. The van der Waals surface area contributed by atoms with Crippen LogP contribution in [0.2, 0.25) is 0 Å². The van der Waals surface area contributed by atoms with Crippen LogP contribution in [0.25, 0.3) is 0 Å². The summed E-state index contributed by atoms with van der Waals surface area (Å²) in [6.45, 7) is 0.665. The lowest BCUT2D eigenvalue weighted by molar-refractivity contribution is -0.127. The van der Waals surface area contributed by atoms with E-state index in [4.69, 9.17) is 5.73 Å². The highest BCUT2D eigenvalue weighted by molar-refractivity contribution is 7.14. The first-order valence-corrected chi connectivity index (χ1v) is 9.28. The van der Waals surface area contributed by atoms with Crippen molar-refractivity contribution >= 4 is 34.2 Å². The molecule has 3 N–H and O–H groups in total. The predicted molar refractivity (Wildman–Crippen MR) is 98.7 cm³/mol. The number of carbonyl (C=O) groups excluding carboxylic acids is 3. The van der Waals surface area contributed by atoms with E-state index in [0.29, 0.717) is 30.2 Å². The molecule has 1 unspecified atom stereocenters. The van der Waals surface area contributed by atoms with Gasteiger partial charge in [-0.05, 0) is 12.0 Å². The molecule has 136 valence electrons. The zero-order valence-corrected chi connectivity index (χ0v) is 15.0. The second-order valence-electron chi connectivity index (χ2n) is 6.16. The van der Waals surface area contributed by atoms with Crippen LogP contribution < -0.4 is 16.0 Å². The molecule has 0 saturated carbocycles. The van der Waals surface area contributed by atoms with Crippen LogP contribution in [0.15, 0.2) is 35.7 Å². The van der Waals surface area contributed by atoms with Crippen LogP contribution in [-0.2, 0) is 27.2 Å². The van der Waals surface area contributed by atoms with Crippen LogP contribution in [0.1, 0.15) is 24.1 Å². The van der Waals surface area contributed by atoms with Gasteiger partial charge in [0.1, 0.15) is 6.04 Å². The number of carbonyl (C=O) groups is 3. The minimum absolute atomic E-state index is 0.0388. The number of nitrogens with two attached hydrogens (primary N) is 1. The molecule has 1 aliphatic rings. The molecule has 1 atom stereocenters. The zero-order valence-electron chi connectivity index (χ0n) is 14.2. The summed E-state index contributed by atoms with van der Waals surface area (Å²) in [6, 6.07) is 8.59. The average molecular weight is 372 g/mol. The average Bonchev–Trinajstić information content (AvgIpc) is 3.23. The van der Waals surface area contributed by atoms with E-state index in [-0.39, 0.29) is 18.2 Å². The van der Waals surface area contributed by atoms with E-state index in [1.54, 1.807) is 10.3 Å². The molecule has 3 amide bonds. The summed E-state index contributed by atoms with van der Waals surface area (Å²) in [5, 5.41) is 5.05. The first-order chi connectivity index (χ1) is 12.5. The fraction of sp³-hybridized carbons (Fsp3) is 0.333. The fourth-order valence-corrected chi connectivity index (χ4v) is 3.70. The smallest absolute Gasteiger partial charge is 0.240 e. The summed E-state index contributed by atoms with van der Waals surface area (Å²) >= 11 is 1.34. The molecular weight excluding hydrogens is 352 g/mol. The molecule has 1 aliphatic heterocycles. The molecule has 2 aromatic rings. The number of nitrogens with one attached hydrogen (secondary N) is 1. The quantitative estimate of drug-likeness (QED) is 0.757. The van der Waals surface area contributed by atoms with Crippen LogP contribution in [0.3, 0.4) is 0 Å². The molecule has 1 fully saturated rings. The number of hydrogen-bond acceptors (Lipinski definition) is 5. The maximum Gasteiger partial charge on any atom is 0.240 e. The third-order valence-electron chi connectivity index (χ3n) is 4.15. The van der Waals surface area contributed by atoms with Gasteiger partial charge in [0.2, 0.25) is 17.7 Å². The molecular formula is C18H20N4O3S. The Kier molecular flexibility index (Phi) is 5.62. The van der Waals surface area contributed by atoms with E-state index >= 15 is 0 Å². The fourth-order valence-electron chi connectivity index (χ4n) is 2.83. The largest absolute Gasteiger partial charge is 0.368 e. The highest BCUT2D eigenvalue weighted by atomic mass is 32.1. The lowest BCUT2D eigenvalue weighted by Gasteiger charge is -2.15. The highest BCUT2D eigenvalue weighted by Crippen LogP contribution is 2.25. The summed E-state index contributed by atoms with van der Waals surface area (Å²) in [4.78, 5) is 41.7. The van der Waals surface area contributed by atoms with Gasteiger partial charge in [-0.1, -0.05) is 30.3 Å². The Morgan fingerprint density at radius 1 is 1.31 bits per heavy atom. The van der Waals surface area contributed by atoms with Gasteiger partial charge in [0.15, 0.2) is 5.13 Å². The molecule has 0 spiro atoms. The highest BCUT2D eigenvalue weighted by Gasteiger charge is 2.25. The summed E-state index contributed by atoms with van der Waals surface area (Å²) in [6.07, 6.45) is 1.74. The first kappa shape index (κ1) is 18.1. The monoisotopic (exact) mass is 372 g/mol. The number of hydrogen-bond donors (Lipinski definition) is 2. The Labute approximate surface area is 155 Å². The number of thiazole rings is 1. The van der Waals surface area contributed by atoms with Gasteiger partial charge in [-0.15, -0.1) is 11.3 Å². The van der Waals surface area contributed by atoms with Crippen molar-refractivity contribution in [3.8, 4) is 0 Å². The van der Waals surface area contributed by atoms with E-state index in [9.17, 15) is 14.4 Å². The van der Waals surface area contributed by atoms with Crippen molar-refractivity contribution in [2.75, 3.05) is 11.4 Å². The molecule has 1 aromatic carbocycles. The van der Waals surface area contributed by atoms with Crippen LogP contribution in [0.5, 0.6) is 0 Å². The Morgan fingerprint density at radius 2 is 2.08 bits per heavy atom. The Morgan fingerprint density at radius 3 is 2.73 bits per heavy atom. The third kappa shape index (κ3) is 4.45. The molecule has 0 bridgehead atoms. The molecule has 26 heavy (non-hydrogen) atoms. The molecule has 2 heterocycles. The molecule has 0 radical (unpaired) electrons. The van der Waals surface area contributed by atoms with Crippen molar-refractivity contribution in [3.05, 3.63) is 47.0 Å². The van der Waals surface area contributed by atoms with E-state index < -0.39 is 11.9 Å². The lowest BCUT2D eigenvalue weighted by Crippen LogP contribution is -2.46. The van der Waals surface area contributed by atoms with Crippen LogP contribution in [-0.4, -0.2) is 35.3 Å². The van der Waals surface area contributed by atoms with Crippen molar-refractivity contribution in [1.29, 1.82) is 0 Å². The van der Waals surface area contributed by atoms with Gasteiger partial charge in [0, 0.05) is 24.8 Å². The van der Waals surface area contributed by atoms with Crippen LogP contribution in [0, 0.1) is 0 Å². The molecule has 7 nitrogen and oxygen atoms in total. The van der Waals surface area contributed by atoms with E-state index in [1.165, 1.54) is 11.3 Å². The molecule has 0 aliphatic carbocycles. The molecule has 1 saturated heterocycles.